The van der Waals surface area contributed by atoms with Crippen LogP contribution in [0, 0.1) is 12.8 Å². The second kappa shape index (κ2) is 6.25. The molecule has 1 saturated carbocycles. The van der Waals surface area contributed by atoms with Gasteiger partial charge in [-0.1, -0.05) is 35.5 Å². The van der Waals surface area contributed by atoms with Crippen LogP contribution in [0.3, 0.4) is 0 Å². The largest absolute Gasteiger partial charge is 0.337 e. The molecule has 0 spiro atoms. The first-order valence-corrected chi connectivity index (χ1v) is 10.8. The Labute approximate surface area is 163 Å². The Morgan fingerprint density at radius 1 is 1.18 bits per heavy atom. The highest BCUT2D eigenvalue weighted by molar-refractivity contribution is 7.89. The third-order valence-electron chi connectivity index (χ3n) is 6.00. The maximum atomic E-state index is 13.5. The van der Waals surface area contributed by atoms with E-state index in [1.54, 1.807) is 23.0 Å². The molecule has 3 aromatic rings. The molecule has 28 heavy (non-hydrogen) atoms. The summed E-state index contributed by atoms with van der Waals surface area (Å²) in [6.07, 6.45) is 4.08. The van der Waals surface area contributed by atoms with Gasteiger partial charge >= 0.3 is 0 Å². The van der Waals surface area contributed by atoms with E-state index >= 15 is 0 Å². The second-order valence-electron chi connectivity index (χ2n) is 7.55. The first-order chi connectivity index (χ1) is 13.5. The minimum Gasteiger partial charge on any atom is -0.337 e. The number of hydrogen-bond acceptors (Lipinski definition) is 6. The molecule has 1 aromatic carbocycles. The summed E-state index contributed by atoms with van der Waals surface area (Å²) in [6, 6.07) is 9.09. The first-order valence-electron chi connectivity index (χ1n) is 9.38. The fourth-order valence-electron chi connectivity index (χ4n) is 4.51. The number of rotatable bonds is 4. The van der Waals surface area contributed by atoms with Gasteiger partial charge in [0.2, 0.25) is 21.7 Å². The van der Waals surface area contributed by atoms with Crippen LogP contribution in [0.25, 0.3) is 11.4 Å². The Bertz CT molecular complexity index is 1120. The highest BCUT2D eigenvalue weighted by Crippen LogP contribution is 2.52. The minimum absolute atomic E-state index is 0.0355. The fraction of sp³-hybridized carbons (Fsp3) is 0.421. The normalized spacial score (nSPS) is 24.9. The molecule has 3 atom stereocenters. The van der Waals surface area contributed by atoms with Crippen LogP contribution in [-0.2, 0) is 17.1 Å². The predicted molar refractivity (Wildman–Crippen MR) is 101 cm³/mol. The van der Waals surface area contributed by atoms with Gasteiger partial charge in [-0.15, -0.1) is 0 Å². The van der Waals surface area contributed by atoms with Gasteiger partial charge < -0.3 is 4.52 Å². The van der Waals surface area contributed by atoms with Crippen LogP contribution in [-0.4, -0.2) is 38.7 Å². The number of hydrogen-bond donors (Lipinski definition) is 0. The number of sulfonamides is 1. The Hall–Kier alpha value is -2.52. The molecule has 2 bridgehead atoms. The molecular formula is C19H21N5O3S. The van der Waals surface area contributed by atoms with E-state index in [0.29, 0.717) is 17.4 Å². The lowest BCUT2D eigenvalue weighted by Crippen LogP contribution is -2.40. The number of piperidine rings is 1. The van der Waals surface area contributed by atoms with Crippen LogP contribution in [0.15, 0.2) is 45.9 Å². The van der Waals surface area contributed by atoms with Crippen molar-refractivity contribution in [1.82, 2.24) is 24.2 Å². The number of benzene rings is 1. The summed E-state index contributed by atoms with van der Waals surface area (Å²) >= 11 is 0. The van der Waals surface area contributed by atoms with Crippen LogP contribution < -0.4 is 0 Å². The summed E-state index contributed by atoms with van der Waals surface area (Å²) in [5, 5.41) is 8.22. The molecule has 0 unspecified atom stereocenters. The van der Waals surface area contributed by atoms with Crippen LogP contribution in [0.1, 0.15) is 36.9 Å². The zero-order valence-electron chi connectivity index (χ0n) is 15.7. The summed E-state index contributed by atoms with van der Waals surface area (Å²) in [5.41, 5.74) is 1.47. The van der Waals surface area contributed by atoms with Crippen molar-refractivity contribution < 1.29 is 12.9 Å². The van der Waals surface area contributed by atoms with Crippen LogP contribution in [0.5, 0.6) is 0 Å². The first kappa shape index (κ1) is 17.6. The topological polar surface area (TPSA) is 94.1 Å². The molecule has 1 saturated heterocycles. The standard InChI is InChI=1S/C19H21N5O3S/c1-12-16(11-20-23(12)2)28(25,26)24-15-9-8-14(10-15)17(24)19-21-18(22-27-19)13-6-4-3-5-7-13/h3-7,11,14-15,17H,8-10H2,1-2H3/t14-,15-,17+/m0/s1. The number of aryl methyl sites for hydroxylation is 1. The van der Waals surface area contributed by atoms with E-state index in [9.17, 15) is 8.42 Å². The third-order valence-corrected chi connectivity index (χ3v) is 8.04. The van der Waals surface area contributed by atoms with Gasteiger partial charge in [0.25, 0.3) is 0 Å². The SMILES string of the molecule is Cc1c(S(=O)(=O)N2[C@H]3CC[C@@H](C3)[C@@H]2c2nc(-c3ccccc3)no2)cnn1C. The van der Waals surface area contributed by atoms with Gasteiger partial charge in [0.1, 0.15) is 10.9 Å². The van der Waals surface area contributed by atoms with Crippen LogP contribution in [0.4, 0.5) is 0 Å². The van der Waals surface area contributed by atoms with Crippen molar-refractivity contribution in [2.45, 2.75) is 43.2 Å². The Morgan fingerprint density at radius 3 is 2.68 bits per heavy atom. The summed E-state index contributed by atoms with van der Waals surface area (Å²) in [5.74, 6) is 1.05. The van der Waals surface area contributed by atoms with Gasteiger partial charge in [-0.05, 0) is 32.1 Å². The van der Waals surface area contributed by atoms with Crippen molar-refractivity contribution in [3.63, 3.8) is 0 Å². The molecule has 0 amide bonds. The predicted octanol–water partition coefficient (Wildman–Crippen LogP) is 2.69. The Balaban J connectivity index is 1.56. The third kappa shape index (κ3) is 2.53. The Morgan fingerprint density at radius 2 is 1.96 bits per heavy atom. The molecule has 2 fully saturated rings. The van der Waals surface area contributed by atoms with Gasteiger partial charge in [0, 0.05) is 18.7 Å². The summed E-state index contributed by atoms with van der Waals surface area (Å²) in [4.78, 5) is 4.81. The summed E-state index contributed by atoms with van der Waals surface area (Å²) < 4.78 is 35.7. The molecule has 8 nitrogen and oxygen atoms in total. The van der Waals surface area contributed by atoms with E-state index in [0.717, 1.165) is 24.8 Å². The number of nitrogens with zero attached hydrogens (tertiary/aromatic N) is 5. The summed E-state index contributed by atoms with van der Waals surface area (Å²) in [6.45, 7) is 1.77. The zero-order valence-corrected chi connectivity index (χ0v) is 16.5. The van der Waals surface area contributed by atoms with E-state index in [1.165, 1.54) is 6.20 Å². The minimum atomic E-state index is -3.71. The zero-order chi connectivity index (χ0) is 19.5. The average Bonchev–Trinajstić information content (AvgIpc) is 3.46. The molecule has 5 rings (SSSR count). The lowest BCUT2D eigenvalue weighted by Gasteiger charge is -2.31. The van der Waals surface area contributed by atoms with Gasteiger partial charge in [-0.25, -0.2) is 8.42 Å². The monoisotopic (exact) mass is 399 g/mol. The molecule has 0 N–H and O–H groups in total. The van der Waals surface area contributed by atoms with E-state index < -0.39 is 16.1 Å². The maximum Gasteiger partial charge on any atom is 0.247 e. The molecule has 9 heteroatoms. The molecule has 1 aliphatic carbocycles. The highest BCUT2D eigenvalue weighted by atomic mass is 32.2. The van der Waals surface area contributed by atoms with Crippen LogP contribution >= 0.6 is 0 Å². The Kier molecular flexibility index (Phi) is 3.92. The van der Waals surface area contributed by atoms with Gasteiger partial charge in [0.05, 0.1) is 11.9 Å². The van der Waals surface area contributed by atoms with Gasteiger partial charge in [-0.2, -0.15) is 14.4 Å². The van der Waals surface area contributed by atoms with Crippen molar-refractivity contribution in [1.29, 1.82) is 0 Å². The van der Waals surface area contributed by atoms with E-state index in [1.807, 2.05) is 30.3 Å². The lowest BCUT2D eigenvalue weighted by atomic mass is 10.00. The number of aromatic nitrogens is 4. The van der Waals surface area contributed by atoms with Crippen molar-refractivity contribution >= 4 is 10.0 Å². The van der Waals surface area contributed by atoms with Crippen molar-refractivity contribution in [3.05, 3.63) is 48.1 Å². The molecule has 3 heterocycles. The highest BCUT2D eigenvalue weighted by Gasteiger charge is 2.54. The fourth-order valence-corrected chi connectivity index (χ4v) is 6.56. The van der Waals surface area contributed by atoms with E-state index in [-0.39, 0.29) is 16.9 Å². The van der Waals surface area contributed by atoms with Crippen molar-refractivity contribution in [2.24, 2.45) is 13.0 Å². The smallest absolute Gasteiger partial charge is 0.247 e. The van der Waals surface area contributed by atoms with Crippen molar-refractivity contribution in [3.8, 4) is 11.4 Å². The number of fused-ring (bicyclic) bond motifs is 2. The quantitative estimate of drug-likeness (QED) is 0.669. The average molecular weight is 399 g/mol. The second-order valence-corrected chi connectivity index (χ2v) is 9.36. The van der Waals surface area contributed by atoms with Gasteiger partial charge in [-0.3, -0.25) is 4.68 Å². The molecule has 0 radical (unpaired) electrons. The van der Waals surface area contributed by atoms with E-state index in [4.69, 9.17) is 4.52 Å². The van der Waals surface area contributed by atoms with Crippen LogP contribution in [0.2, 0.25) is 0 Å². The van der Waals surface area contributed by atoms with Crippen molar-refractivity contribution in [2.75, 3.05) is 0 Å². The molecule has 1 aliphatic heterocycles. The van der Waals surface area contributed by atoms with E-state index in [2.05, 4.69) is 15.2 Å². The molecular weight excluding hydrogens is 378 g/mol. The lowest BCUT2D eigenvalue weighted by molar-refractivity contribution is 0.197. The molecule has 2 aliphatic rings. The molecule has 2 aromatic heterocycles. The van der Waals surface area contributed by atoms with Gasteiger partial charge in [0.15, 0.2) is 0 Å². The maximum absolute atomic E-state index is 13.5. The summed E-state index contributed by atoms with van der Waals surface area (Å²) in [7, 11) is -1.97. The molecule has 146 valence electrons.